The fourth-order valence-electron chi connectivity index (χ4n) is 6.73. The molecule has 0 fully saturated rings. The minimum atomic E-state index is 0.545. The van der Waals surface area contributed by atoms with E-state index in [1.54, 1.807) is 11.3 Å². The second-order valence-corrected chi connectivity index (χ2v) is 12.9. The molecule has 5 nitrogen and oxygen atoms in total. The van der Waals surface area contributed by atoms with Crippen LogP contribution in [0.3, 0.4) is 0 Å². The average molecular weight is 633 g/mol. The first-order valence-corrected chi connectivity index (χ1v) is 16.6. The molecule has 10 aromatic rings. The summed E-state index contributed by atoms with van der Waals surface area (Å²) in [5.41, 5.74) is 5.94. The Balaban J connectivity index is 1.30. The Morgan fingerprint density at radius 1 is 0.479 bits per heavy atom. The van der Waals surface area contributed by atoms with Crippen molar-refractivity contribution in [3.05, 3.63) is 146 Å². The molecule has 0 spiro atoms. The SMILES string of the molecule is c1ccc(-c2nc(-c3cccc4sc5ccccc5c34)nc(-c3cnc(-c4ccccc4)c4oc5cc6ccccc6cc5c34)n2)cc1. The van der Waals surface area contributed by atoms with E-state index in [0.29, 0.717) is 23.1 Å². The summed E-state index contributed by atoms with van der Waals surface area (Å²) < 4.78 is 9.13. The van der Waals surface area contributed by atoms with E-state index in [2.05, 4.69) is 84.9 Å². The predicted octanol–water partition coefficient (Wildman–Crippen LogP) is 11.4. The van der Waals surface area contributed by atoms with Gasteiger partial charge in [-0.1, -0.05) is 115 Å². The molecule has 0 aliphatic carbocycles. The van der Waals surface area contributed by atoms with E-state index < -0.39 is 0 Å². The van der Waals surface area contributed by atoms with Crippen molar-refractivity contribution in [3.63, 3.8) is 0 Å². The van der Waals surface area contributed by atoms with Crippen molar-refractivity contribution >= 4 is 64.2 Å². The summed E-state index contributed by atoms with van der Waals surface area (Å²) in [5.74, 6) is 1.76. The number of benzene rings is 6. The zero-order valence-electron chi connectivity index (χ0n) is 25.5. The van der Waals surface area contributed by atoms with Gasteiger partial charge in [0, 0.05) is 59.4 Å². The summed E-state index contributed by atoms with van der Waals surface area (Å²) >= 11 is 1.78. The number of nitrogens with zero attached hydrogens (tertiary/aromatic N) is 4. The maximum Gasteiger partial charge on any atom is 0.166 e. The van der Waals surface area contributed by atoms with Gasteiger partial charge in [-0.25, -0.2) is 15.0 Å². The number of rotatable bonds is 4. The summed E-state index contributed by atoms with van der Waals surface area (Å²) in [5, 5.41) is 6.52. The topological polar surface area (TPSA) is 64.7 Å². The molecule has 6 heteroatoms. The average Bonchev–Trinajstić information content (AvgIpc) is 3.72. The molecule has 0 unspecified atom stereocenters. The smallest absolute Gasteiger partial charge is 0.166 e. The Morgan fingerprint density at radius 3 is 1.94 bits per heavy atom. The fraction of sp³-hybridized carbons (Fsp3) is 0. The Morgan fingerprint density at radius 2 is 1.12 bits per heavy atom. The fourth-order valence-corrected chi connectivity index (χ4v) is 7.87. The highest BCUT2D eigenvalue weighted by molar-refractivity contribution is 7.25. The number of pyridine rings is 1. The maximum absolute atomic E-state index is 6.70. The van der Waals surface area contributed by atoms with Crippen molar-refractivity contribution in [2.45, 2.75) is 0 Å². The van der Waals surface area contributed by atoms with Crippen molar-refractivity contribution in [2.75, 3.05) is 0 Å². The third kappa shape index (κ3) is 4.24. The first kappa shape index (κ1) is 26.9. The Bertz CT molecular complexity index is 2840. The van der Waals surface area contributed by atoms with Crippen LogP contribution in [-0.4, -0.2) is 19.9 Å². The molecule has 4 heterocycles. The van der Waals surface area contributed by atoms with Crippen LogP contribution >= 0.6 is 11.3 Å². The number of hydrogen-bond donors (Lipinski definition) is 0. The maximum atomic E-state index is 6.70. The third-order valence-corrected chi connectivity index (χ3v) is 10.1. The summed E-state index contributed by atoms with van der Waals surface area (Å²) in [6.07, 6.45) is 1.89. The van der Waals surface area contributed by atoms with E-state index in [1.165, 1.54) is 14.8 Å². The van der Waals surface area contributed by atoms with Crippen LogP contribution in [0.5, 0.6) is 0 Å². The molecule has 0 N–H and O–H groups in total. The zero-order chi connectivity index (χ0) is 31.6. The van der Waals surface area contributed by atoms with Gasteiger partial charge in [0.25, 0.3) is 0 Å². The van der Waals surface area contributed by atoms with Crippen molar-refractivity contribution < 1.29 is 4.42 Å². The summed E-state index contributed by atoms with van der Waals surface area (Å²) in [4.78, 5) is 20.5. The molecule has 0 radical (unpaired) electrons. The largest absolute Gasteiger partial charge is 0.454 e. The van der Waals surface area contributed by atoms with Crippen LogP contribution in [0.1, 0.15) is 0 Å². The van der Waals surface area contributed by atoms with Gasteiger partial charge in [-0.15, -0.1) is 11.3 Å². The molecule has 0 bridgehead atoms. The normalized spacial score (nSPS) is 11.8. The Kier molecular flexibility index (Phi) is 5.98. The molecule has 6 aromatic carbocycles. The van der Waals surface area contributed by atoms with Gasteiger partial charge in [-0.05, 0) is 35.0 Å². The van der Waals surface area contributed by atoms with E-state index in [4.69, 9.17) is 24.4 Å². The standard InChI is InChI=1S/C42H24N4OS/c1-3-12-25(13-4-1)38-39-37(31-22-27-16-7-8-17-28(27)23-33(31)47-39)32(24-43-38)42-45-40(26-14-5-2-6-15-26)44-41(46-42)30-19-11-21-35-36(30)29-18-9-10-20-34(29)48-35/h1-24H. The highest BCUT2D eigenvalue weighted by atomic mass is 32.1. The second kappa shape index (κ2) is 10.7. The van der Waals surface area contributed by atoms with Gasteiger partial charge in [-0.2, -0.15) is 0 Å². The van der Waals surface area contributed by atoms with E-state index in [-0.39, 0.29) is 0 Å². The van der Waals surface area contributed by atoms with Gasteiger partial charge < -0.3 is 4.42 Å². The van der Waals surface area contributed by atoms with Gasteiger partial charge in [0.05, 0.1) is 0 Å². The molecule has 48 heavy (non-hydrogen) atoms. The monoisotopic (exact) mass is 632 g/mol. The summed E-state index contributed by atoms with van der Waals surface area (Å²) in [6, 6.07) is 47.8. The van der Waals surface area contributed by atoms with Gasteiger partial charge >= 0.3 is 0 Å². The third-order valence-electron chi connectivity index (χ3n) is 8.96. The van der Waals surface area contributed by atoms with Crippen LogP contribution in [0.4, 0.5) is 0 Å². The minimum Gasteiger partial charge on any atom is -0.454 e. The van der Waals surface area contributed by atoms with Crippen molar-refractivity contribution in [1.82, 2.24) is 19.9 Å². The van der Waals surface area contributed by atoms with E-state index in [1.807, 2.05) is 60.8 Å². The second-order valence-electron chi connectivity index (χ2n) is 11.8. The highest BCUT2D eigenvalue weighted by Crippen LogP contribution is 2.43. The Hall–Kier alpha value is -6.24. The first-order valence-electron chi connectivity index (χ1n) is 15.8. The van der Waals surface area contributed by atoms with Crippen LogP contribution in [0.2, 0.25) is 0 Å². The van der Waals surface area contributed by atoms with Crippen LogP contribution in [0, 0.1) is 0 Å². The molecule has 0 atom stereocenters. The lowest BCUT2D eigenvalue weighted by molar-refractivity contribution is 0.669. The molecular formula is C42H24N4OS. The molecule has 0 saturated heterocycles. The van der Waals surface area contributed by atoms with E-state index >= 15 is 0 Å². The van der Waals surface area contributed by atoms with Gasteiger partial charge in [-0.3, -0.25) is 4.98 Å². The summed E-state index contributed by atoms with van der Waals surface area (Å²) in [7, 11) is 0. The number of hydrogen-bond acceptors (Lipinski definition) is 6. The van der Waals surface area contributed by atoms with E-state index in [9.17, 15) is 0 Å². The number of fused-ring (bicyclic) bond motifs is 7. The van der Waals surface area contributed by atoms with Gasteiger partial charge in [0.2, 0.25) is 0 Å². The minimum absolute atomic E-state index is 0.545. The van der Waals surface area contributed by atoms with E-state index in [0.717, 1.165) is 60.5 Å². The van der Waals surface area contributed by atoms with Gasteiger partial charge in [0.15, 0.2) is 23.1 Å². The zero-order valence-corrected chi connectivity index (χ0v) is 26.3. The molecule has 4 aromatic heterocycles. The number of aromatic nitrogens is 4. The highest BCUT2D eigenvalue weighted by Gasteiger charge is 2.23. The first-order chi connectivity index (χ1) is 23.8. The lowest BCUT2D eigenvalue weighted by atomic mass is 10.0. The lowest BCUT2D eigenvalue weighted by Crippen LogP contribution is -2.01. The Labute approximate surface area is 278 Å². The summed E-state index contributed by atoms with van der Waals surface area (Å²) in [6.45, 7) is 0. The van der Waals surface area contributed by atoms with Crippen LogP contribution < -0.4 is 0 Å². The molecule has 0 amide bonds. The number of furan rings is 1. The number of thiophene rings is 1. The molecule has 10 rings (SSSR count). The molecule has 0 saturated carbocycles. The van der Waals surface area contributed by atoms with Crippen LogP contribution in [0.25, 0.3) is 98.3 Å². The van der Waals surface area contributed by atoms with Crippen molar-refractivity contribution in [3.8, 4) is 45.4 Å². The predicted molar refractivity (Wildman–Crippen MR) is 197 cm³/mol. The molecular weight excluding hydrogens is 609 g/mol. The van der Waals surface area contributed by atoms with Crippen LogP contribution in [0.15, 0.2) is 150 Å². The van der Waals surface area contributed by atoms with Crippen molar-refractivity contribution in [2.24, 2.45) is 0 Å². The molecule has 0 aliphatic rings. The van der Waals surface area contributed by atoms with Crippen molar-refractivity contribution in [1.29, 1.82) is 0 Å². The van der Waals surface area contributed by atoms with Gasteiger partial charge in [0.1, 0.15) is 11.3 Å². The molecule has 224 valence electrons. The lowest BCUT2D eigenvalue weighted by Gasteiger charge is -2.11. The quantitative estimate of drug-likeness (QED) is 0.193. The van der Waals surface area contributed by atoms with Crippen LogP contribution in [-0.2, 0) is 0 Å². The molecule has 0 aliphatic heterocycles.